The fourth-order valence-electron chi connectivity index (χ4n) is 1.10. The van der Waals surface area contributed by atoms with E-state index >= 15 is 0 Å². The Bertz CT molecular complexity index is 333. The van der Waals surface area contributed by atoms with Gasteiger partial charge in [-0.1, -0.05) is 16.9 Å². The molecular formula is C8H12N4OS. The van der Waals surface area contributed by atoms with Crippen molar-refractivity contribution in [2.75, 3.05) is 5.75 Å². The summed E-state index contributed by atoms with van der Waals surface area (Å²) in [7, 11) is 0. The van der Waals surface area contributed by atoms with E-state index in [0.29, 0.717) is 12.4 Å². The zero-order chi connectivity index (χ0) is 10.0. The number of aromatic nitrogens is 2. The van der Waals surface area contributed by atoms with Crippen molar-refractivity contribution in [2.45, 2.75) is 25.9 Å². The number of nitrogens with one attached hydrogen (secondary N) is 1. The van der Waals surface area contributed by atoms with Crippen molar-refractivity contribution < 1.29 is 4.52 Å². The molecule has 0 radical (unpaired) electrons. The van der Waals surface area contributed by atoms with E-state index in [1.807, 2.05) is 0 Å². The van der Waals surface area contributed by atoms with E-state index in [0.717, 1.165) is 10.9 Å². The molecule has 0 saturated carbocycles. The second-order valence-corrected chi connectivity index (χ2v) is 4.73. The van der Waals surface area contributed by atoms with Gasteiger partial charge < -0.3 is 9.84 Å². The number of amidine groups is 1. The van der Waals surface area contributed by atoms with Gasteiger partial charge in [0, 0.05) is 11.3 Å². The lowest BCUT2D eigenvalue weighted by atomic mass is 10.1. The molecule has 0 bridgehead atoms. The number of aliphatic imine (C=N–C) groups is 1. The summed E-state index contributed by atoms with van der Waals surface area (Å²) in [6, 6.07) is 0. The van der Waals surface area contributed by atoms with Crippen LogP contribution in [0.1, 0.15) is 19.7 Å². The maximum atomic E-state index is 4.61. The van der Waals surface area contributed by atoms with E-state index < -0.39 is 0 Å². The molecule has 1 aliphatic heterocycles. The zero-order valence-corrected chi connectivity index (χ0v) is 8.97. The Kier molecular flexibility index (Phi) is 2.45. The number of rotatable bonds is 2. The second kappa shape index (κ2) is 3.61. The van der Waals surface area contributed by atoms with Gasteiger partial charge in [0.15, 0.2) is 11.0 Å². The van der Waals surface area contributed by atoms with Gasteiger partial charge in [-0.05, 0) is 13.8 Å². The van der Waals surface area contributed by atoms with Crippen LogP contribution in [0.4, 0.5) is 0 Å². The molecule has 0 unspecified atom stereocenters. The monoisotopic (exact) mass is 212 g/mol. The molecule has 76 valence electrons. The highest BCUT2D eigenvalue weighted by Gasteiger charge is 2.27. The normalized spacial score (nSPS) is 22.6. The largest absolute Gasteiger partial charge is 0.359 e. The van der Waals surface area contributed by atoms with Gasteiger partial charge in [0.05, 0.1) is 0 Å². The maximum Gasteiger partial charge on any atom is 0.213 e. The van der Waals surface area contributed by atoms with Crippen LogP contribution in [-0.2, 0) is 6.54 Å². The van der Waals surface area contributed by atoms with Gasteiger partial charge in [-0.3, -0.25) is 4.99 Å². The third kappa shape index (κ3) is 2.25. The third-order valence-electron chi connectivity index (χ3n) is 1.79. The van der Waals surface area contributed by atoms with E-state index in [2.05, 4.69) is 38.8 Å². The SMILES string of the molecule is CC1(C)CSC(=NCc2ncon2)N1. The minimum Gasteiger partial charge on any atom is -0.359 e. The van der Waals surface area contributed by atoms with Crippen molar-refractivity contribution in [3.63, 3.8) is 0 Å². The molecule has 0 aliphatic carbocycles. The predicted molar refractivity (Wildman–Crippen MR) is 55.1 cm³/mol. The van der Waals surface area contributed by atoms with Crippen LogP contribution in [0.25, 0.3) is 0 Å². The smallest absolute Gasteiger partial charge is 0.213 e. The minimum atomic E-state index is 0.140. The number of thioether (sulfide) groups is 1. The van der Waals surface area contributed by atoms with Crippen LogP contribution >= 0.6 is 11.8 Å². The Morgan fingerprint density at radius 3 is 3.14 bits per heavy atom. The molecule has 6 heteroatoms. The van der Waals surface area contributed by atoms with E-state index in [-0.39, 0.29) is 5.54 Å². The van der Waals surface area contributed by atoms with Crippen molar-refractivity contribution in [3.8, 4) is 0 Å². The lowest BCUT2D eigenvalue weighted by Crippen LogP contribution is -2.36. The average Bonchev–Trinajstić information content (AvgIpc) is 2.70. The summed E-state index contributed by atoms with van der Waals surface area (Å²) in [5.41, 5.74) is 0.140. The molecule has 5 nitrogen and oxygen atoms in total. The molecule has 14 heavy (non-hydrogen) atoms. The van der Waals surface area contributed by atoms with Gasteiger partial charge in [-0.25, -0.2) is 0 Å². The van der Waals surface area contributed by atoms with Crippen molar-refractivity contribution in [1.82, 2.24) is 15.5 Å². The summed E-state index contributed by atoms with van der Waals surface area (Å²) in [4.78, 5) is 8.24. The van der Waals surface area contributed by atoms with Gasteiger partial charge in [-0.2, -0.15) is 4.98 Å². The molecule has 1 N–H and O–H groups in total. The maximum absolute atomic E-state index is 4.61. The fraction of sp³-hybridized carbons (Fsp3) is 0.625. The highest BCUT2D eigenvalue weighted by molar-refractivity contribution is 8.14. The van der Waals surface area contributed by atoms with E-state index in [1.54, 1.807) is 11.8 Å². The van der Waals surface area contributed by atoms with Crippen molar-refractivity contribution in [3.05, 3.63) is 12.2 Å². The standard InChI is InChI=1S/C8H12N4OS/c1-8(2)4-14-7(11-8)9-3-6-10-5-13-12-6/h5H,3-4H2,1-2H3,(H,9,11). The van der Waals surface area contributed by atoms with Crippen LogP contribution < -0.4 is 5.32 Å². The molecule has 2 heterocycles. The summed E-state index contributed by atoms with van der Waals surface area (Å²) in [6.45, 7) is 4.77. The summed E-state index contributed by atoms with van der Waals surface area (Å²) >= 11 is 1.72. The summed E-state index contributed by atoms with van der Waals surface area (Å²) in [5, 5.41) is 7.96. The molecule has 2 rings (SSSR count). The zero-order valence-electron chi connectivity index (χ0n) is 8.15. The Hall–Kier alpha value is -1.04. The first kappa shape index (κ1) is 9.51. The fourth-order valence-corrected chi connectivity index (χ4v) is 2.17. The first-order valence-corrected chi connectivity index (χ1v) is 5.35. The number of nitrogens with zero attached hydrogens (tertiary/aromatic N) is 3. The molecule has 1 aromatic rings. The summed E-state index contributed by atoms with van der Waals surface area (Å²) < 4.78 is 4.61. The molecule has 0 aromatic carbocycles. The van der Waals surface area contributed by atoms with E-state index in [4.69, 9.17) is 0 Å². The summed E-state index contributed by atoms with van der Waals surface area (Å²) in [5.74, 6) is 1.66. The molecule has 0 atom stereocenters. The molecular weight excluding hydrogens is 200 g/mol. The second-order valence-electron chi connectivity index (χ2n) is 3.77. The van der Waals surface area contributed by atoms with Gasteiger partial charge in [0.1, 0.15) is 6.54 Å². The van der Waals surface area contributed by atoms with Gasteiger partial charge in [0.2, 0.25) is 6.39 Å². The number of hydrogen-bond donors (Lipinski definition) is 1. The van der Waals surface area contributed by atoms with E-state index in [9.17, 15) is 0 Å². The number of hydrogen-bond acceptors (Lipinski definition) is 5. The van der Waals surface area contributed by atoms with Gasteiger partial charge in [0.25, 0.3) is 0 Å². The molecule has 1 aliphatic rings. The van der Waals surface area contributed by atoms with E-state index in [1.165, 1.54) is 6.39 Å². The van der Waals surface area contributed by atoms with Gasteiger partial charge >= 0.3 is 0 Å². The molecule has 1 saturated heterocycles. The first-order chi connectivity index (χ1) is 6.66. The van der Waals surface area contributed by atoms with Crippen LogP contribution in [0, 0.1) is 0 Å². The van der Waals surface area contributed by atoms with Crippen molar-refractivity contribution in [2.24, 2.45) is 4.99 Å². The minimum absolute atomic E-state index is 0.140. The van der Waals surface area contributed by atoms with Crippen molar-refractivity contribution in [1.29, 1.82) is 0 Å². The highest BCUT2D eigenvalue weighted by Crippen LogP contribution is 2.22. The Balaban J connectivity index is 1.94. The Morgan fingerprint density at radius 2 is 2.57 bits per heavy atom. The van der Waals surface area contributed by atoms with Crippen LogP contribution in [0.15, 0.2) is 15.9 Å². The quantitative estimate of drug-likeness (QED) is 0.793. The van der Waals surface area contributed by atoms with Crippen LogP contribution in [0.2, 0.25) is 0 Å². The molecule has 1 aromatic heterocycles. The predicted octanol–water partition coefficient (Wildman–Crippen LogP) is 1.04. The van der Waals surface area contributed by atoms with Crippen molar-refractivity contribution >= 4 is 16.9 Å². The summed E-state index contributed by atoms with van der Waals surface area (Å²) in [6.07, 6.45) is 1.31. The Morgan fingerprint density at radius 1 is 1.71 bits per heavy atom. The molecule has 0 spiro atoms. The van der Waals surface area contributed by atoms with Crippen LogP contribution in [0.5, 0.6) is 0 Å². The van der Waals surface area contributed by atoms with Gasteiger partial charge in [-0.15, -0.1) is 0 Å². The lowest BCUT2D eigenvalue weighted by molar-refractivity contribution is 0.410. The van der Waals surface area contributed by atoms with Crippen LogP contribution in [-0.4, -0.2) is 26.6 Å². The first-order valence-electron chi connectivity index (χ1n) is 4.36. The average molecular weight is 212 g/mol. The Labute approximate surface area is 86.4 Å². The lowest BCUT2D eigenvalue weighted by Gasteiger charge is -2.15. The van der Waals surface area contributed by atoms with Crippen LogP contribution in [0.3, 0.4) is 0 Å². The third-order valence-corrected chi connectivity index (χ3v) is 3.16. The highest BCUT2D eigenvalue weighted by atomic mass is 32.2. The molecule has 0 amide bonds. The topological polar surface area (TPSA) is 63.3 Å². The molecule has 1 fully saturated rings.